The number of likely N-dealkylation sites (tertiary alicyclic amines) is 1. The van der Waals surface area contributed by atoms with Gasteiger partial charge in [0.2, 0.25) is 5.91 Å². The van der Waals surface area contributed by atoms with Gasteiger partial charge in [0.05, 0.1) is 0 Å². The SMILES string of the molecule is CC(C)CC(=O)N1CCC(C=O)(C(C)c2ccccc2)CC1. The van der Waals surface area contributed by atoms with Crippen molar-refractivity contribution < 1.29 is 9.59 Å². The number of hydrogen-bond acceptors (Lipinski definition) is 2. The first-order valence-corrected chi connectivity index (χ1v) is 8.27. The van der Waals surface area contributed by atoms with Crippen molar-refractivity contribution in [3.63, 3.8) is 0 Å². The van der Waals surface area contributed by atoms with Crippen LogP contribution in [-0.4, -0.2) is 30.2 Å². The highest BCUT2D eigenvalue weighted by molar-refractivity contribution is 5.77. The van der Waals surface area contributed by atoms with Crippen LogP contribution < -0.4 is 0 Å². The monoisotopic (exact) mass is 301 g/mol. The number of benzene rings is 1. The second kappa shape index (κ2) is 7.08. The van der Waals surface area contributed by atoms with Crippen LogP contribution >= 0.6 is 0 Å². The van der Waals surface area contributed by atoms with Crippen LogP contribution in [0.15, 0.2) is 30.3 Å². The van der Waals surface area contributed by atoms with Gasteiger partial charge in [0.25, 0.3) is 0 Å². The van der Waals surface area contributed by atoms with Gasteiger partial charge in [-0.2, -0.15) is 0 Å². The summed E-state index contributed by atoms with van der Waals surface area (Å²) in [6.45, 7) is 7.66. The molecule has 1 amide bonds. The van der Waals surface area contributed by atoms with Crippen molar-refractivity contribution in [1.82, 2.24) is 4.90 Å². The van der Waals surface area contributed by atoms with Crippen LogP contribution in [0.3, 0.4) is 0 Å². The molecule has 0 saturated carbocycles. The van der Waals surface area contributed by atoms with Crippen LogP contribution in [0.5, 0.6) is 0 Å². The van der Waals surface area contributed by atoms with E-state index < -0.39 is 0 Å². The van der Waals surface area contributed by atoms with E-state index in [1.54, 1.807) is 0 Å². The van der Waals surface area contributed by atoms with E-state index in [2.05, 4.69) is 32.9 Å². The highest BCUT2D eigenvalue weighted by Gasteiger charge is 2.40. The van der Waals surface area contributed by atoms with E-state index in [9.17, 15) is 9.59 Å². The Bertz CT molecular complexity index is 501. The zero-order chi connectivity index (χ0) is 16.2. The van der Waals surface area contributed by atoms with Gasteiger partial charge in [0.15, 0.2) is 0 Å². The van der Waals surface area contributed by atoms with E-state index in [4.69, 9.17) is 0 Å². The lowest BCUT2D eigenvalue weighted by Gasteiger charge is -2.42. The molecule has 1 fully saturated rings. The molecule has 1 aromatic carbocycles. The minimum Gasteiger partial charge on any atom is -0.343 e. The van der Waals surface area contributed by atoms with Gasteiger partial charge >= 0.3 is 0 Å². The minimum absolute atomic E-state index is 0.188. The second-order valence-electron chi connectivity index (χ2n) is 6.96. The number of piperidine rings is 1. The van der Waals surface area contributed by atoms with E-state index in [0.717, 1.165) is 19.1 Å². The Morgan fingerprint density at radius 1 is 1.18 bits per heavy atom. The van der Waals surface area contributed by atoms with Crippen molar-refractivity contribution in [3.8, 4) is 0 Å². The van der Waals surface area contributed by atoms with Crippen LogP contribution in [0, 0.1) is 11.3 Å². The molecule has 0 aliphatic carbocycles. The summed E-state index contributed by atoms with van der Waals surface area (Å²) in [7, 11) is 0. The first kappa shape index (κ1) is 16.7. The normalized spacial score (nSPS) is 19.0. The number of carbonyl (C=O) groups excluding carboxylic acids is 2. The lowest BCUT2D eigenvalue weighted by Crippen LogP contribution is -2.46. The van der Waals surface area contributed by atoms with Crippen molar-refractivity contribution in [3.05, 3.63) is 35.9 Å². The molecule has 1 aliphatic rings. The highest BCUT2D eigenvalue weighted by Crippen LogP contribution is 2.42. The third kappa shape index (κ3) is 3.57. The third-order valence-corrected chi connectivity index (χ3v) is 5.03. The van der Waals surface area contributed by atoms with E-state index in [-0.39, 0.29) is 17.2 Å². The molecule has 3 heteroatoms. The lowest BCUT2D eigenvalue weighted by atomic mass is 9.68. The Morgan fingerprint density at radius 3 is 2.27 bits per heavy atom. The zero-order valence-electron chi connectivity index (χ0n) is 13.9. The summed E-state index contributed by atoms with van der Waals surface area (Å²) in [6.07, 6.45) is 3.25. The average Bonchev–Trinajstić information content (AvgIpc) is 2.54. The van der Waals surface area contributed by atoms with E-state index in [1.165, 1.54) is 5.56 Å². The fraction of sp³-hybridized carbons (Fsp3) is 0.579. The summed E-state index contributed by atoms with van der Waals surface area (Å²) < 4.78 is 0. The fourth-order valence-electron chi connectivity index (χ4n) is 3.38. The molecule has 1 atom stereocenters. The maximum Gasteiger partial charge on any atom is 0.222 e. The number of aldehydes is 1. The average molecular weight is 301 g/mol. The first-order valence-electron chi connectivity index (χ1n) is 8.27. The van der Waals surface area contributed by atoms with E-state index in [1.807, 2.05) is 23.1 Å². The molecule has 2 rings (SSSR count). The lowest BCUT2D eigenvalue weighted by molar-refractivity contribution is -0.136. The molecule has 1 saturated heterocycles. The third-order valence-electron chi connectivity index (χ3n) is 5.03. The maximum atomic E-state index is 12.2. The Balaban J connectivity index is 2.05. The van der Waals surface area contributed by atoms with Gasteiger partial charge in [0, 0.05) is 24.9 Å². The topological polar surface area (TPSA) is 37.4 Å². The van der Waals surface area contributed by atoms with E-state index in [0.29, 0.717) is 25.4 Å². The molecule has 22 heavy (non-hydrogen) atoms. The fourth-order valence-corrected chi connectivity index (χ4v) is 3.38. The van der Waals surface area contributed by atoms with Gasteiger partial charge in [-0.3, -0.25) is 4.79 Å². The second-order valence-corrected chi connectivity index (χ2v) is 6.96. The number of nitrogens with zero attached hydrogens (tertiary/aromatic N) is 1. The van der Waals surface area contributed by atoms with Crippen LogP contribution in [0.25, 0.3) is 0 Å². The molecule has 1 aromatic rings. The molecule has 3 nitrogen and oxygen atoms in total. The Hall–Kier alpha value is -1.64. The zero-order valence-corrected chi connectivity index (χ0v) is 13.9. The minimum atomic E-state index is -0.337. The van der Waals surface area contributed by atoms with Gasteiger partial charge in [0.1, 0.15) is 6.29 Å². The number of carbonyl (C=O) groups is 2. The summed E-state index contributed by atoms with van der Waals surface area (Å²) in [4.78, 5) is 26.0. The molecule has 0 radical (unpaired) electrons. The van der Waals surface area contributed by atoms with Crippen molar-refractivity contribution in [1.29, 1.82) is 0 Å². The standard InChI is InChI=1S/C19H27NO2/c1-15(2)13-18(22)20-11-9-19(14-21,10-12-20)16(3)17-7-5-4-6-8-17/h4-8,14-16H,9-13H2,1-3H3. The Labute approximate surface area is 133 Å². The molecule has 0 spiro atoms. The van der Waals surface area contributed by atoms with Crippen LogP contribution in [0.4, 0.5) is 0 Å². The molecule has 1 aliphatic heterocycles. The molecule has 0 N–H and O–H groups in total. The quantitative estimate of drug-likeness (QED) is 0.779. The molecule has 1 unspecified atom stereocenters. The van der Waals surface area contributed by atoms with Gasteiger partial charge in [-0.1, -0.05) is 51.1 Å². The predicted molar refractivity (Wildman–Crippen MR) is 88.6 cm³/mol. The van der Waals surface area contributed by atoms with E-state index >= 15 is 0 Å². The molecule has 0 bridgehead atoms. The van der Waals surface area contributed by atoms with Crippen molar-refractivity contribution in [2.75, 3.05) is 13.1 Å². The first-order chi connectivity index (χ1) is 10.5. The number of amides is 1. The smallest absolute Gasteiger partial charge is 0.222 e. The summed E-state index contributed by atoms with van der Waals surface area (Å²) in [6, 6.07) is 10.2. The molecular formula is C19H27NO2. The van der Waals surface area contributed by atoms with Crippen LogP contribution in [-0.2, 0) is 9.59 Å². The van der Waals surface area contributed by atoms with Gasteiger partial charge in [-0.05, 0) is 30.2 Å². The van der Waals surface area contributed by atoms with Crippen molar-refractivity contribution >= 4 is 12.2 Å². The predicted octanol–water partition coefficient (Wildman–Crippen LogP) is 3.64. The van der Waals surface area contributed by atoms with Gasteiger partial charge in [-0.15, -0.1) is 0 Å². The summed E-state index contributed by atoms with van der Waals surface area (Å²) in [5, 5.41) is 0. The Kier molecular flexibility index (Phi) is 5.38. The van der Waals surface area contributed by atoms with Crippen LogP contribution in [0.2, 0.25) is 0 Å². The van der Waals surface area contributed by atoms with Gasteiger partial charge < -0.3 is 9.69 Å². The molecular weight excluding hydrogens is 274 g/mol. The summed E-state index contributed by atoms with van der Waals surface area (Å²) in [5.74, 6) is 0.795. The van der Waals surface area contributed by atoms with Crippen molar-refractivity contribution in [2.45, 2.75) is 46.0 Å². The molecule has 120 valence electrons. The highest BCUT2D eigenvalue weighted by atomic mass is 16.2. The summed E-state index contributed by atoms with van der Waals surface area (Å²) in [5.41, 5.74) is 0.868. The maximum absolute atomic E-state index is 12.2. The molecule has 1 heterocycles. The van der Waals surface area contributed by atoms with Crippen molar-refractivity contribution in [2.24, 2.45) is 11.3 Å². The van der Waals surface area contributed by atoms with Gasteiger partial charge in [-0.25, -0.2) is 0 Å². The number of hydrogen-bond donors (Lipinski definition) is 0. The summed E-state index contributed by atoms with van der Waals surface area (Å²) >= 11 is 0. The Morgan fingerprint density at radius 2 is 1.77 bits per heavy atom. The molecule has 0 aromatic heterocycles. The number of rotatable bonds is 5. The largest absolute Gasteiger partial charge is 0.343 e. The van der Waals surface area contributed by atoms with Crippen LogP contribution in [0.1, 0.15) is 51.5 Å².